The van der Waals surface area contributed by atoms with Crippen molar-refractivity contribution in [2.24, 2.45) is 0 Å². The van der Waals surface area contributed by atoms with E-state index in [1.165, 1.54) is 25.3 Å². The molecular weight excluding hydrogens is 641 g/mol. The normalized spacial score (nSPS) is 16.4. The van der Waals surface area contributed by atoms with E-state index in [1.54, 1.807) is 36.4 Å². The van der Waals surface area contributed by atoms with Crippen LogP contribution in [-0.2, 0) is 25.9 Å². The number of esters is 1. The van der Waals surface area contributed by atoms with Gasteiger partial charge in [0.25, 0.3) is 0 Å². The number of hydrogen-bond acceptors (Lipinski definition) is 9. The van der Waals surface area contributed by atoms with Crippen LogP contribution in [0, 0.1) is 6.92 Å². The molecule has 2 atom stereocenters. The van der Waals surface area contributed by atoms with Crippen molar-refractivity contribution in [1.29, 1.82) is 0 Å². The third-order valence-corrected chi connectivity index (χ3v) is 8.85. The molecule has 234 valence electrons. The summed E-state index contributed by atoms with van der Waals surface area (Å²) in [5.41, 5.74) is 4.82. The summed E-state index contributed by atoms with van der Waals surface area (Å²) in [5, 5.41) is 0.415. The molecule has 0 saturated carbocycles. The van der Waals surface area contributed by atoms with Gasteiger partial charge in [-0.25, -0.2) is 28.0 Å². The maximum absolute atomic E-state index is 13.2. The van der Waals surface area contributed by atoms with Gasteiger partial charge in [-0.1, -0.05) is 35.3 Å². The van der Waals surface area contributed by atoms with Crippen molar-refractivity contribution in [3.8, 4) is 28.0 Å². The number of aryl methyl sites for hydroxylation is 1. The minimum atomic E-state index is -3.79. The van der Waals surface area contributed by atoms with Crippen LogP contribution < -0.4 is 4.74 Å². The molecule has 1 aliphatic heterocycles. The van der Waals surface area contributed by atoms with E-state index in [0.29, 0.717) is 38.0 Å². The van der Waals surface area contributed by atoms with Gasteiger partial charge in [0.2, 0.25) is 15.0 Å². The van der Waals surface area contributed by atoms with Gasteiger partial charge in [-0.05, 0) is 78.6 Å². The first-order valence-electron chi connectivity index (χ1n) is 13.7. The van der Waals surface area contributed by atoms with E-state index < -0.39 is 34.0 Å². The van der Waals surface area contributed by atoms with Crippen molar-refractivity contribution in [3.05, 3.63) is 93.2 Å². The summed E-state index contributed by atoms with van der Waals surface area (Å²) in [7, 11) is -0.949. The predicted octanol–water partition coefficient (Wildman–Crippen LogP) is 6.71. The van der Waals surface area contributed by atoms with Crippen molar-refractivity contribution in [1.82, 2.24) is 14.9 Å². The van der Waals surface area contributed by atoms with Crippen LogP contribution in [0.1, 0.15) is 40.2 Å². The molecule has 1 aromatic heterocycles. The van der Waals surface area contributed by atoms with Gasteiger partial charge in [-0.3, -0.25) is 4.90 Å². The van der Waals surface area contributed by atoms with Gasteiger partial charge in [-0.2, -0.15) is 0 Å². The molecule has 0 radical (unpaired) electrons. The molecule has 2 heterocycles. The zero-order valence-corrected chi connectivity index (χ0v) is 27.3. The number of amides is 1. The van der Waals surface area contributed by atoms with E-state index in [1.807, 2.05) is 32.0 Å². The summed E-state index contributed by atoms with van der Waals surface area (Å²) in [5.74, 6) is 0.0335. The lowest BCUT2D eigenvalue weighted by Crippen LogP contribution is -2.32. The highest BCUT2D eigenvalue weighted by Crippen LogP contribution is 2.40. The quantitative estimate of drug-likeness (QED) is 0.149. The van der Waals surface area contributed by atoms with Gasteiger partial charge in [0, 0.05) is 33.6 Å². The maximum atomic E-state index is 13.2. The van der Waals surface area contributed by atoms with Crippen LogP contribution in [0.15, 0.2) is 66.0 Å². The lowest BCUT2D eigenvalue weighted by Gasteiger charge is -2.22. The number of benzene rings is 3. The molecule has 0 unspecified atom stereocenters. The second-order valence-electron chi connectivity index (χ2n) is 10.6. The Morgan fingerprint density at radius 2 is 1.71 bits per heavy atom. The lowest BCUT2D eigenvalue weighted by molar-refractivity contribution is 0.0600. The fourth-order valence-corrected chi connectivity index (χ4v) is 6.36. The Balaban J connectivity index is 1.59. The lowest BCUT2D eigenvalue weighted by atomic mass is 9.94. The van der Waals surface area contributed by atoms with E-state index in [4.69, 9.17) is 37.4 Å². The summed E-state index contributed by atoms with van der Waals surface area (Å²) in [4.78, 5) is 35.3. The summed E-state index contributed by atoms with van der Waals surface area (Å²) in [6.45, 7) is 3.60. The molecule has 1 amide bonds. The summed E-state index contributed by atoms with van der Waals surface area (Å²) < 4.78 is 41.2. The average molecular weight is 671 g/mol. The highest BCUT2D eigenvalue weighted by atomic mass is 35.5. The van der Waals surface area contributed by atoms with E-state index in [9.17, 15) is 18.0 Å². The van der Waals surface area contributed by atoms with Gasteiger partial charge in [-0.15, -0.1) is 0 Å². The van der Waals surface area contributed by atoms with Crippen LogP contribution in [0.4, 0.5) is 4.79 Å². The number of methoxy groups -OCH3 is 2. The number of nitrogens with zero attached hydrogens (tertiary/aromatic N) is 3. The zero-order valence-electron chi connectivity index (χ0n) is 25.0. The number of aromatic nitrogens is 2. The SMILES string of the molecule is COC(=O)c1ccc(-c2ccc(OC)c(-c3cnc(S(C)(=O)=O)nc3CN3C(=O)O[C@H](c4cc(Cl)cc(Cl)c4)[C@@H]3C)c2)c(C)c1. The van der Waals surface area contributed by atoms with Crippen molar-refractivity contribution >= 4 is 45.1 Å². The molecule has 4 aromatic rings. The van der Waals surface area contributed by atoms with Crippen LogP contribution in [0.25, 0.3) is 22.3 Å². The fraction of sp³-hybridized carbons (Fsp3) is 0.250. The van der Waals surface area contributed by atoms with E-state index in [-0.39, 0.29) is 17.4 Å². The Bertz CT molecular complexity index is 1910. The Kier molecular flexibility index (Phi) is 9.06. The van der Waals surface area contributed by atoms with Crippen LogP contribution in [0.2, 0.25) is 10.0 Å². The number of ether oxygens (including phenoxy) is 3. The molecule has 0 N–H and O–H groups in total. The second kappa shape index (κ2) is 12.7. The molecule has 13 heteroatoms. The molecule has 1 saturated heterocycles. The highest BCUT2D eigenvalue weighted by Gasteiger charge is 2.40. The van der Waals surface area contributed by atoms with E-state index in [2.05, 4.69) is 9.97 Å². The molecule has 5 rings (SSSR count). The van der Waals surface area contributed by atoms with Crippen molar-refractivity contribution in [3.63, 3.8) is 0 Å². The third kappa shape index (κ3) is 6.61. The first-order valence-corrected chi connectivity index (χ1v) is 16.3. The fourth-order valence-electron chi connectivity index (χ4n) is 5.30. The Morgan fingerprint density at radius 1 is 1.00 bits per heavy atom. The zero-order chi connectivity index (χ0) is 32.6. The third-order valence-electron chi connectivity index (χ3n) is 7.55. The first-order chi connectivity index (χ1) is 21.3. The van der Waals surface area contributed by atoms with Gasteiger partial charge >= 0.3 is 12.1 Å². The molecule has 0 bridgehead atoms. The Hall–Kier alpha value is -4.19. The first kappa shape index (κ1) is 32.2. The monoisotopic (exact) mass is 669 g/mol. The molecule has 1 fully saturated rings. The van der Waals surface area contributed by atoms with E-state index in [0.717, 1.165) is 22.9 Å². The van der Waals surface area contributed by atoms with Crippen LogP contribution in [0.5, 0.6) is 5.75 Å². The number of halogens is 2. The van der Waals surface area contributed by atoms with Gasteiger partial charge in [0.15, 0.2) is 0 Å². The van der Waals surface area contributed by atoms with Gasteiger partial charge in [0.05, 0.1) is 38.1 Å². The minimum Gasteiger partial charge on any atom is -0.496 e. The number of hydrogen-bond donors (Lipinski definition) is 0. The smallest absolute Gasteiger partial charge is 0.411 e. The van der Waals surface area contributed by atoms with Crippen molar-refractivity contribution < 1.29 is 32.2 Å². The van der Waals surface area contributed by atoms with Crippen LogP contribution >= 0.6 is 23.2 Å². The number of cyclic esters (lactones) is 1. The number of carbonyl (C=O) groups is 2. The topological polar surface area (TPSA) is 125 Å². The van der Waals surface area contributed by atoms with Crippen LogP contribution in [-0.4, -0.2) is 61.9 Å². The van der Waals surface area contributed by atoms with Crippen molar-refractivity contribution in [2.45, 2.75) is 37.7 Å². The maximum Gasteiger partial charge on any atom is 0.411 e. The molecule has 0 aliphatic carbocycles. The summed E-state index contributed by atoms with van der Waals surface area (Å²) in [6, 6.07) is 15.2. The van der Waals surface area contributed by atoms with Crippen molar-refractivity contribution in [2.75, 3.05) is 20.5 Å². The second-order valence-corrected chi connectivity index (χ2v) is 13.4. The standard InChI is InChI=1S/C32H29Cl2N3O7S/c1-17-10-20(30(38)43-4)6-8-24(17)19-7-9-28(42-3)25(13-19)26-15-35-31(45(5,40)41)36-27(26)16-37-18(2)29(44-32(37)39)21-11-22(33)14-23(34)12-21/h6-15,18,29H,16H2,1-5H3/t18-,29-/m0/s1. The molecule has 0 spiro atoms. The number of rotatable bonds is 8. The molecule has 3 aromatic carbocycles. The molecule has 1 aliphatic rings. The average Bonchev–Trinajstić information content (AvgIpc) is 3.28. The van der Waals surface area contributed by atoms with Gasteiger partial charge < -0.3 is 14.2 Å². The minimum absolute atomic E-state index is 0.0919. The summed E-state index contributed by atoms with van der Waals surface area (Å²) in [6.07, 6.45) is 1.13. The Labute approximate surface area is 270 Å². The highest BCUT2D eigenvalue weighted by molar-refractivity contribution is 7.90. The Morgan fingerprint density at radius 3 is 2.33 bits per heavy atom. The number of carbonyl (C=O) groups excluding carboxylic acids is 2. The number of sulfone groups is 1. The van der Waals surface area contributed by atoms with Gasteiger partial charge in [0.1, 0.15) is 11.9 Å². The largest absolute Gasteiger partial charge is 0.496 e. The molecule has 45 heavy (non-hydrogen) atoms. The van der Waals surface area contributed by atoms with Crippen LogP contribution in [0.3, 0.4) is 0 Å². The summed E-state index contributed by atoms with van der Waals surface area (Å²) >= 11 is 12.4. The molecular formula is C32H29Cl2N3O7S. The predicted molar refractivity (Wildman–Crippen MR) is 169 cm³/mol. The van der Waals surface area contributed by atoms with E-state index >= 15 is 0 Å². The molecule has 10 nitrogen and oxygen atoms in total.